The molecule has 0 aliphatic heterocycles. The van der Waals surface area contributed by atoms with E-state index in [9.17, 15) is 10.2 Å². The van der Waals surface area contributed by atoms with Gasteiger partial charge >= 0.3 is 0 Å². The predicted molar refractivity (Wildman–Crippen MR) is 181 cm³/mol. The Bertz CT molecular complexity index is 511. The Morgan fingerprint density at radius 3 is 0.976 bits per heavy atom. The Labute approximate surface area is 263 Å². The van der Waals surface area contributed by atoms with E-state index >= 15 is 0 Å². The van der Waals surface area contributed by atoms with Crippen LogP contribution in [0.15, 0.2) is 0 Å². The molecule has 0 bridgehead atoms. The van der Waals surface area contributed by atoms with Gasteiger partial charge in [-0.15, -0.1) is 0 Å². The standard InChI is InChI=1S/C36H78N2O4/c1-7-9-11-13-15-17-19-21-23-25-27-37(3,4)31-35(39)33-41-29-30-42-34-36(40)32-38(5,6)28-26-24-22-20-18-16-14-12-10-8-2/h35-36,39-40H,7-34H2,1-6H3/q+2. The first-order valence-corrected chi connectivity index (χ1v) is 18.3. The number of hydrogen-bond acceptors (Lipinski definition) is 4. The number of nitrogens with zero attached hydrogens (tertiary/aromatic N) is 2. The monoisotopic (exact) mass is 603 g/mol. The van der Waals surface area contributed by atoms with E-state index in [4.69, 9.17) is 9.47 Å². The number of likely N-dealkylation sites (N-methyl/N-ethyl adjacent to an activating group) is 2. The number of rotatable bonds is 33. The van der Waals surface area contributed by atoms with Crippen molar-refractivity contribution in [1.82, 2.24) is 0 Å². The molecule has 0 heterocycles. The van der Waals surface area contributed by atoms with Crippen LogP contribution in [0.4, 0.5) is 0 Å². The lowest BCUT2D eigenvalue weighted by molar-refractivity contribution is -0.893. The maximum atomic E-state index is 10.5. The van der Waals surface area contributed by atoms with Gasteiger partial charge in [-0.2, -0.15) is 0 Å². The summed E-state index contributed by atoms with van der Waals surface area (Å²) >= 11 is 0. The van der Waals surface area contributed by atoms with Crippen LogP contribution in [0.2, 0.25) is 0 Å². The molecule has 6 heteroatoms. The highest BCUT2D eigenvalue weighted by Gasteiger charge is 2.21. The van der Waals surface area contributed by atoms with Crippen molar-refractivity contribution in [2.24, 2.45) is 0 Å². The van der Waals surface area contributed by atoms with E-state index in [1.54, 1.807) is 0 Å². The Kier molecular flexibility index (Phi) is 28.1. The lowest BCUT2D eigenvalue weighted by atomic mass is 10.1. The van der Waals surface area contributed by atoms with Crippen LogP contribution < -0.4 is 0 Å². The summed E-state index contributed by atoms with van der Waals surface area (Å²) in [4.78, 5) is 0. The first-order chi connectivity index (χ1) is 20.1. The van der Waals surface area contributed by atoms with Gasteiger partial charge in [-0.3, -0.25) is 0 Å². The van der Waals surface area contributed by atoms with Crippen LogP contribution in [-0.4, -0.2) is 112 Å². The summed E-state index contributed by atoms with van der Waals surface area (Å²) in [5.41, 5.74) is 0. The molecular formula is C36H78N2O4+2. The lowest BCUT2D eigenvalue weighted by Crippen LogP contribution is -2.47. The third-order valence-electron chi connectivity index (χ3n) is 8.64. The van der Waals surface area contributed by atoms with Crippen molar-refractivity contribution in [2.45, 2.75) is 154 Å². The average molecular weight is 603 g/mol. The van der Waals surface area contributed by atoms with Gasteiger partial charge in [0.2, 0.25) is 0 Å². The lowest BCUT2D eigenvalue weighted by Gasteiger charge is -2.32. The zero-order valence-corrected chi connectivity index (χ0v) is 29.6. The summed E-state index contributed by atoms with van der Waals surface area (Å²) in [6, 6.07) is 0. The zero-order chi connectivity index (χ0) is 31.4. The molecule has 2 N–H and O–H groups in total. The maximum absolute atomic E-state index is 10.5. The Balaban J connectivity index is 3.70. The molecule has 0 amide bonds. The van der Waals surface area contributed by atoms with E-state index in [-0.39, 0.29) is 0 Å². The van der Waals surface area contributed by atoms with E-state index in [0.29, 0.717) is 39.5 Å². The van der Waals surface area contributed by atoms with Gasteiger partial charge in [0, 0.05) is 0 Å². The third kappa shape index (κ3) is 29.8. The summed E-state index contributed by atoms with van der Waals surface area (Å²) in [6.07, 6.45) is 26.1. The van der Waals surface area contributed by atoms with E-state index in [2.05, 4.69) is 42.0 Å². The molecule has 42 heavy (non-hydrogen) atoms. The first-order valence-electron chi connectivity index (χ1n) is 18.3. The fraction of sp³-hybridized carbons (Fsp3) is 1.00. The van der Waals surface area contributed by atoms with Gasteiger partial charge in [-0.25, -0.2) is 0 Å². The zero-order valence-electron chi connectivity index (χ0n) is 29.6. The van der Waals surface area contributed by atoms with Crippen LogP contribution in [0.25, 0.3) is 0 Å². The number of ether oxygens (including phenoxy) is 2. The molecule has 0 aliphatic carbocycles. The molecule has 0 aromatic rings. The second-order valence-electron chi connectivity index (χ2n) is 14.5. The summed E-state index contributed by atoms with van der Waals surface area (Å²) in [5, 5.41) is 20.9. The second-order valence-corrected chi connectivity index (χ2v) is 14.5. The Morgan fingerprint density at radius 1 is 0.429 bits per heavy atom. The molecule has 0 radical (unpaired) electrons. The molecular weight excluding hydrogens is 524 g/mol. The van der Waals surface area contributed by atoms with Crippen molar-refractivity contribution in [3.63, 3.8) is 0 Å². The normalized spacial score (nSPS) is 14.0. The summed E-state index contributed by atoms with van der Waals surface area (Å²) in [6.45, 7) is 9.76. The van der Waals surface area contributed by atoms with Crippen LogP contribution in [0.5, 0.6) is 0 Å². The van der Waals surface area contributed by atoms with Crippen molar-refractivity contribution in [3.8, 4) is 0 Å². The number of aliphatic hydroxyl groups is 2. The largest absolute Gasteiger partial charge is 0.385 e. The van der Waals surface area contributed by atoms with Crippen molar-refractivity contribution < 1.29 is 28.7 Å². The van der Waals surface area contributed by atoms with Crippen LogP contribution in [0.1, 0.15) is 142 Å². The molecule has 0 aliphatic rings. The van der Waals surface area contributed by atoms with Gasteiger partial charge < -0.3 is 28.7 Å². The maximum Gasteiger partial charge on any atom is 0.126 e. The molecule has 0 fully saturated rings. The topological polar surface area (TPSA) is 58.9 Å². The van der Waals surface area contributed by atoms with E-state index in [1.807, 2.05) is 0 Å². The minimum absolute atomic E-state index is 0.342. The summed E-state index contributed by atoms with van der Waals surface area (Å²) in [7, 11) is 8.83. The fourth-order valence-corrected chi connectivity index (χ4v) is 6.04. The van der Waals surface area contributed by atoms with Crippen LogP contribution in [0, 0.1) is 0 Å². The van der Waals surface area contributed by atoms with Gasteiger partial charge in [-0.05, 0) is 25.7 Å². The molecule has 0 saturated carbocycles. The minimum Gasteiger partial charge on any atom is -0.385 e. The molecule has 0 spiro atoms. The quantitative estimate of drug-likeness (QED) is 0.0596. The van der Waals surface area contributed by atoms with Gasteiger partial charge in [0.05, 0.1) is 67.7 Å². The molecule has 0 saturated heterocycles. The molecule has 254 valence electrons. The Morgan fingerprint density at radius 2 is 0.690 bits per heavy atom. The average Bonchev–Trinajstić information content (AvgIpc) is 2.92. The SMILES string of the molecule is CCCCCCCCCCCC[N+](C)(C)CC(O)COCCOCC(O)C[N+](C)(C)CCCCCCCCCCCC. The van der Waals surface area contributed by atoms with E-state index in [0.717, 1.165) is 22.1 Å². The predicted octanol–water partition coefficient (Wildman–Crippen LogP) is 7.74. The molecule has 2 unspecified atom stereocenters. The highest BCUT2D eigenvalue weighted by Crippen LogP contribution is 2.13. The molecule has 6 nitrogen and oxygen atoms in total. The number of aliphatic hydroxyl groups excluding tert-OH is 2. The fourth-order valence-electron chi connectivity index (χ4n) is 6.04. The van der Waals surface area contributed by atoms with Gasteiger partial charge in [0.1, 0.15) is 25.3 Å². The van der Waals surface area contributed by atoms with Gasteiger partial charge in [0.25, 0.3) is 0 Å². The number of unbranched alkanes of at least 4 members (excludes halogenated alkanes) is 18. The van der Waals surface area contributed by atoms with E-state index < -0.39 is 12.2 Å². The highest BCUT2D eigenvalue weighted by atomic mass is 16.5. The van der Waals surface area contributed by atoms with E-state index in [1.165, 1.54) is 128 Å². The van der Waals surface area contributed by atoms with Crippen molar-refractivity contribution in [1.29, 1.82) is 0 Å². The van der Waals surface area contributed by atoms with Gasteiger partial charge in [-0.1, -0.05) is 117 Å². The smallest absolute Gasteiger partial charge is 0.126 e. The summed E-state index contributed by atoms with van der Waals surface area (Å²) in [5.74, 6) is 0. The minimum atomic E-state index is -0.461. The van der Waals surface area contributed by atoms with Gasteiger partial charge in [0.15, 0.2) is 0 Å². The number of hydrogen-bond donors (Lipinski definition) is 2. The molecule has 0 aromatic carbocycles. The van der Waals surface area contributed by atoms with Crippen molar-refractivity contribution in [3.05, 3.63) is 0 Å². The third-order valence-corrected chi connectivity index (χ3v) is 8.64. The highest BCUT2D eigenvalue weighted by molar-refractivity contribution is 4.56. The summed E-state index contributed by atoms with van der Waals surface area (Å²) < 4.78 is 13.0. The first kappa shape index (κ1) is 41.8. The van der Waals surface area contributed by atoms with Crippen LogP contribution >= 0.6 is 0 Å². The van der Waals surface area contributed by atoms with Crippen LogP contribution in [-0.2, 0) is 9.47 Å². The number of quaternary nitrogens is 2. The van der Waals surface area contributed by atoms with Crippen molar-refractivity contribution in [2.75, 3.05) is 80.8 Å². The van der Waals surface area contributed by atoms with Crippen molar-refractivity contribution >= 4 is 0 Å². The molecule has 0 rings (SSSR count). The Hall–Kier alpha value is -0.240. The second kappa shape index (κ2) is 28.2. The molecule has 2 atom stereocenters. The molecule has 0 aromatic heterocycles. The van der Waals surface area contributed by atoms with Crippen LogP contribution in [0.3, 0.4) is 0 Å².